The van der Waals surface area contributed by atoms with Crippen LogP contribution in [0, 0.1) is 12.8 Å². The first-order valence-electron chi connectivity index (χ1n) is 8.19. The lowest BCUT2D eigenvalue weighted by atomic mass is 9.81. The van der Waals surface area contributed by atoms with Gasteiger partial charge >= 0.3 is 0 Å². The number of hydrogen-bond donors (Lipinski definition) is 1. The minimum atomic E-state index is -3.49. The second kappa shape index (κ2) is 6.94. The summed E-state index contributed by atoms with van der Waals surface area (Å²) in [7, 11) is -3.49. The first-order valence-corrected chi connectivity index (χ1v) is 9.67. The Labute approximate surface area is 142 Å². The summed E-state index contributed by atoms with van der Waals surface area (Å²) in [6.45, 7) is 5.14. The zero-order chi connectivity index (χ0) is 17.2. The predicted molar refractivity (Wildman–Crippen MR) is 91.4 cm³/mol. The quantitative estimate of drug-likeness (QED) is 0.833. The van der Waals surface area contributed by atoms with Gasteiger partial charge in [0.05, 0.1) is 17.8 Å². The molecule has 0 atom stereocenters. The first kappa shape index (κ1) is 17.0. The minimum Gasteiger partial charge on any atom is -0.494 e. The van der Waals surface area contributed by atoms with Crippen molar-refractivity contribution in [1.29, 1.82) is 0 Å². The van der Waals surface area contributed by atoms with Crippen LogP contribution >= 0.6 is 0 Å². The van der Waals surface area contributed by atoms with Crippen LogP contribution in [-0.2, 0) is 16.6 Å². The van der Waals surface area contributed by atoms with E-state index in [2.05, 4.69) is 9.71 Å². The summed E-state index contributed by atoms with van der Waals surface area (Å²) in [6, 6.07) is 5.09. The van der Waals surface area contributed by atoms with Gasteiger partial charge in [0.15, 0.2) is 0 Å². The van der Waals surface area contributed by atoms with Crippen molar-refractivity contribution >= 4 is 10.0 Å². The lowest BCUT2D eigenvalue weighted by molar-refractivity contribution is 0.220. The van der Waals surface area contributed by atoms with Crippen LogP contribution in [0.4, 0.5) is 0 Å². The van der Waals surface area contributed by atoms with Gasteiger partial charge < -0.3 is 9.30 Å². The topological polar surface area (TPSA) is 73.2 Å². The largest absolute Gasteiger partial charge is 0.494 e. The lowest BCUT2D eigenvalue weighted by Crippen LogP contribution is -2.45. The lowest BCUT2D eigenvalue weighted by Gasteiger charge is -2.35. The van der Waals surface area contributed by atoms with Crippen LogP contribution in [0.2, 0.25) is 0 Å². The molecule has 0 spiro atoms. The molecule has 0 radical (unpaired) electrons. The number of rotatable bonds is 7. The van der Waals surface area contributed by atoms with Crippen LogP contribution in [0.3, 0.4) is 0 Å². The van der Waals surface area contributed by atoms with Crippen LogP contribution in [0.15, 0.2) is 41.8 Å². The zero-order valence-corrected chi connectivity index (χ0v) is 14.8. The molecule has 0 amide bonds. The molecule has 1 aliphatic carbocycles. The molecule has 6 nitrogen and oxygen atoms in total. The Hall–Kier alpha value is -1.86. The number of benzene rings is 1. The van der Waals surface area contributed by atoms with Crippen LogP contribution < -0.4 is 9.46 Å². The van der Waals surface area contributed by atoms with Crippen molar-refractivity contribution in [1.82, 2.24) is 14.3 Å². The fraction of sp³-hybridized carbons (Fsp3) is 0.471. The van der Waals surface area contributed by atoms with Crippen molar-refractivity contribution in [3.8, 4) is 5.75 Å². The molecule has 0 saturated heterocycles. The smallest absolute Gasteiger partial charge is 0.241 e. The molecule has 1 aromatic heterocycles. The molecule has 0 aliphatic heterocycles. The van der Waals surface area contributed by atoms with E-state index in [-0.39, 0.29) is 6.04 Å². The van der Waals surface area contributed by atoms with Gasteiger partial charge in [-0.2, -0.15) is 0 Å². The molecule has 0 bridgehead atoms. The molecule has 2 aromatic rings. The van der Waals surface area contributed by atoms with Gasteiger partial charge in [-0.3, -0.25) is 0 Å². The molecule has 0 unspecified atom stereocenters. The number of nitrogens with one attached hydrogen (secondary N) is 1. The Bertz CT molecular complexity index is 781. The molecule has 130 valence electrons. The molecular formula is C17H23N3O3S. The number of nitrogens with zero attached hydrogens (tertiary/aromatic N) is 2. The Morgan fingerprint density at radius 2 is 2.17 bits per heavy atom. The van der Waals surface area contributed by atoms with Crippen molar-refractivity contribution in [3.63, 3.8) is 0 Å². The maximum atomic E-state index is 12.6. The summed E-state index contributed by atoms with van der Waals surface area (Å²) in [5.74, 6) is 1.19. The van der Waals surface area contributed by atoms with Crippen molar-refractivity contribution in [2.45, 2.75) is 44.2 Å². The fourth-order valence-corrected chi connectivity index (χ4v) is 4.62. The van der Waals surface area contributed by atoms with E-state index >= 15 is 0 Å². The summed E-state index contributed by atoms with van der Waals surface area (Å²) >= 11 is 0. The summed E-state index contributed by atoms with van der Waals surface area (Å²) in [6.07, 6.45) is 7.19. The summed E-state index contributed by atoms with van der Waals surface area (Å²) < 4.78 is 35.4. The normalized spacial score (nSPS) is 20.6. The summed E-state index contributed by atoms with van der Waals surface area (Å²) in [5.41, 5.74) is 0.697. The number of aromatic nitrogens is 2. The highest BCUT2D eigenvalue weighted by atomic mass is 32.2. The van der Waals surface area contributed by atoms with E-state index in [1.165, 1.54) is 0 Å². The number of ether oxygens (including phenoxy) is 1. The molecule has 24 heavy (non-hydrogen) atoms. The highest BCUT2D eigenvalue weighted by Gasteiger charge is 2.33. The number of aryl methyl sites for hydroxylation is 1. The molecule has 1 heterocycles. The van der Waals surface area contributed by atoms with Crippen molar-refractivity contribution in [3.05, 3.63) is 42.5 Å². The SMILES string of the molecule is CCOc1ccc(S(=O)(=O)NC2CC(Cn3ccnc3)C2)c(C)c1. The van der Waals surface area contributed by atoms with Gasteiger partial charge in [-0.25, -0.2) is 18.1 Å². The average Bonchev–Trinajstić information content (AvgIpc) is 2.98. The van der Waals surface area contributed by atoms with Gasteiger partial charge in [0.2, 0.25) is 10.0 Å². The fourth-order valence-electron chi connectivity index (χ4n) is 3.14. The van der Waals surface area contributed by atoms with Gasteiger partial charge in [-0.05, 0) is 56.4 Å². The van der Waals surface area contributed by atoms with Crippen LogP contribution in [-0.4, -0.2) is 30.6 Å². The van der Waals surface area contributed by atoms with E-state index in [0.717, 1.165) is 19.4 Å². The van der Waals surface area contributed by atoms with E-state index in [1.807, 2.05) is 17.7 Å². The monoisotopic (exact) mass is 349 g/mol. The van der Waals surface area contributed by atoms with Crippen molar-refractivity contribution in [2.75, 3.05) is 6.61 Å². The van der Waals surface area contributed by atoms with E-state index in [1.54, 1.807) is 37.6 Å². The van der Waals surface area contributed by atoms with E-state index in [9.17, 15) is 8.42 Å². The molecule has 1 N–H and O–H groups in total. The Balaban J connectivity index is 1.59. The number of sulfonamides is 1. The van der Waals surface area contributed by atoms with Crippen LogP contribution in [0.25, 0.3) is 0 Å². The Kier molecular flexibility index (Phi) is 4.91. The average molecular weight is 349 g/mol. The van der Waals surface area contributed by atoms with E-state index < -0.39 is 10.0 Å². The maximum absolute atomic E-state index is 12.6. The third-order valence-electron chi connectivity index (χ3n) is 4.33. The standard InChI is InChI=1S/C17H23N3O3S/c1-3-23-16-4-5-17(13(2)8-16)24(21,22)19-15-9-14(10-15)11-20-7-6-18-12-20/h4-8,12,14-15,19H,3,9-11H2,1-2H3. The van der Waals surface area contributed by atoms with E-state index in [0.29, 0.717) is 28.7 Å². The van der Waals surface area contributed by atoms with Crippen LogP contribution in [0.1, 0.15) is 25.3 Å². The molecule has 1 fully saturated rings. The van der Waals surface area contributed by atoms with Gasteiger partial charge in [0.25, 0.3) is 0 Å². The molecule has 1 aromatic carbocycles. The molecule has 3 rings (SSSR count). The molecule has 1 saturated carbocycles. The Morgan fingerprint density at radius 1 is 1.38 bits per heavy atom. The summed E-state index contributed by atoms with van der Waals surface area (Å²) in [5, 5.41) is 0. The third-order valence-corrected chi connectivity index (χ3v) is 6.01. The summed E-state index contributed by atoms with van der Waals surface area (Å²) in [4.78, 5) is 4.35. The second-order valence-corrected chi connectivity index (χ2v) is 7.96. The highest BCUT2D eigenvalue weighted by molar-refractivity contribution is 7.89. The molecular weight excluding hydrogens is 326 g/mol. The molecule has 7 heteroatoms. The van der Waals surface area contributed by atoms with Gasteiger partial charge in [0.1, 0.15) is 5.75 Å². The van der Waals surface area contributed by atoms with Gasteiger partial charge in [-0.1, -0.05) is 0 Å². The highest BCUT2D eigenvalue weighted by Crippen LogP contribution is 2.31. The zero-order valence-electron chi connectivity index (χ0n) is 14.0. The van der Waals surface area contributed by atoms with Crippen LogP contribution in [0.5, 0.6) is 5.75 Å². The first-order chi connectivity index (χ1) is 11.5. The minimum absolute atomic E-state index is 0.00879. The predicted octanol–water partition coefficient (Wildman–Crippen LogP) is 2.35. The third kappa shape index (κ3) is 3.79. The van der Waals surface area contributed by atoms with E-state index in [4.69, 9.17) is 4.74 Å². The molecule has 1 aliphatic rings. The Morgan fingerprint density at radius 3 is 2.79 bits per heavy atom. The van der Waals surface area contributed by atoms with Gasteiger partial charge in [0, 0.05) is 25.0 Å². The van der Waals surface area contributed by atoms with Gasteiger partial charge in [-0.15, -0.1) is 0 Å². The maximum Gasteiger partial charge on any atom is 0.241 e. The number of hydrogen-bond acceptors (Lipinski definition) is 4. The van der Waals surface area contributed by atoms with Crippen molar-refractivity contribution < 1.29 is 13.2 Å². The second-order valence-electron chi connectivity index (χ2n) is 6.28. The number of imidazole rings is 1. The van der Waals surface area contributed by atoms with Crippen molar-refractivity contribution in [2.24, 2.45) is 5.92 Å².